The highest BCUT2D eigenvalue weighted by Gasteiger charge is 2.14. The van der Waals surface area contributed by atoms with Gasteiger partial charge in [-0.05, 0) is 61.0 Å². The van der Waals surface area contributed by atoms with Gasteiger partial charge in [0.15, 0.2) is 5.69 Å². The third-order valence-corrected chi connectivity index (χ3v) is 4.28. The summed E-state index contributed by atoms with van der Waals surface area (Å²) in [4.78, 5) is 12.3. The van der Waals surface area contributed by atoms with E-state index in [9.17, 15) is 9.18 Å². The molecule has 2 aromatic carbocycles. The Morgan fingerprint density at radius 3 is 2.54 bits per heavy atom. The molecule has 1 heterocycles. The molecule has 0 aliphatic carbocycles. The summed E-state index contributed by atoms with van der Waals surface area (Å²) in [6.45, 7) is 2.37. The number of ether oxygens (including phenoxy) is 2. The van der Waals surface area contributed by atoms with Crippen LogP contribution in [0.1, 0.15) is 16.1 Å². The molecule has 0 fully saturated rings. The molecule has 0 saturated carbocycles. The molecule has 0 spiro atoms. The van der Waals surface area contributed by atoms with Gasteiger partial charge in [-0.25, -0.2) is 4.39 Å². The number of nitrogens with zero attached hydrogens (tertiary/aromatic N) is 2. The third-order valence-electron chi connectivity index (χ3n) is 4.28. The Morgan fingerprint density at radius 1 is 1.14 bits per heavy atom. The lowest BCUT2D eigenvalue weighted by atomic mass is 10.1. The summed E-state index contributed by atoms with van der Waals surface area (Å²) in [5.41, 5.74) is 2.38. The molecule has 6 nitrogen and oxygen atoms in total. The summed E-state index contributed by atoms with van der Waals surface area (Å²) in [5, 5.41) is 7.03. The molecule has 0 aliphatic heterocycles. The molecule has 1 amide bonds. The Labute approximate surface area is 162 Å². The summed E-state index contributed by atoms with van der Waals surface area (Å²) in [6.07, 6.45) is 0. The lowest BCUT2D eigenvalue weighted by molar-refractivity contribution is 0.0941. The van der Waals surface area contributed by atoms with Crippen LogP contribution in [-0.2, 0) is 7.05 Å². The average molecular weight is 383 g/mol. The monoisotopic (exact) mass is 383 g/mol. The zero-order chi connectivity index (χ0) is 20.1. The van der Waals surface area contributed by atoms with Crippen LogP contribution >= 0.6 is 0 Å². The van der Waals surface area contributed by atoms with Gasteiger partial charge in [0.2, 0.25) is 0 Å². The van der Waals surface area contributed by atoms with Crippen LogP contribution in [0.5, 0.6) is 11.5 Å². The van der Waals surface area contributed by atoms with Gasteiger partial charge in [-0.1, -0.05) is 0 Å². The maximum atomic E-state index is 13.5. The fraction of sp³-hybridized carbons (Fsp3) is 0.238. The third kappa shape index (κ3) is 4.49. The molecule has 3 aromatic rings. The smallest absolute Gasteiger partial charge is 0.271 e. The molecule has 28 heavy (non-hydrogen) atoms. The molecule has 0 radical (unpaired) electrons. The molecule has 0 bridgehead atoms. The largest absolute Gasteiger partial charge is 0.497 e. The van der Waals surface area contributed by atoms with Gasteiger partial charge in [-0.2, -0.15) is 5.10 Å². The highest BCUT2D eigenvalue weighted by atomic mass is 19.1. The van der Waals surface area contributed by atoms with Crippen molar-refractivity contribution in [3.63, 3.8) is 0 Å². The van der Waals surface area contributed by atoms with E-state index in [0.29, 0.717) is 30.2 Å². The number of nitrogens with one attached hydrogen (secondary N) is 1. The first-order valence-electron chi connectivity index (χ1n) is 8.83. The summed E-state index contributed by atoms with van der Waals surface area (Å²) >= 11 is 0. The number of halogens is 1. The van der Waals surface area contributed by atoms with Crippen molar-refractivity contribution in [2.45, 2.75) is 6.92 Å². The van der Waals surface area contributed by atoms with Crippen molar-refractivity contribution in [1.29, 1.82) is 0 Å². The van der Waals surface area contributed by atoms with Crippen LogP contribution < -0.4 is 14.8 Å². The molecule has 1 aromatic heterocycles. The van der Waals surface area contributed by atoms with Gasteiger partial charge in [0.1, 0.15) is 23.9 Å². The molecular weight excluding hydrogens is 361 g/mol. The van der Waals surface area contributed by atoms with E-state index in [4.69, 9.17) is 9.47 Å². The molecule has 7 heteroatoms. The van der Waals surface area contributed by atoms with Crippen LogP contribution in [-0.4, -0.2) is 35.9 Å². The molecule has 1 N–H and O–H groups in total. The summed E-state index contributed by atoms with van der Waals surface area (Å²) in [5.74, 6) is 0.893. The second-order valence-corrected chi connectivity index (χ2v) is 6.28. The minimum atomic E-state index is -0.293. The van der Waals surface area contributed by atoms with Gasteiger partial charge in [0.25, 0.3) is 5.91 Å². The first-order valence-corrected chi connectivity index (χ1v) is 8.83. The van der Waals surface area contributed by atoms with Gasteiger partial charge in [0.05, 0.1) is 19.3 Å². The highest BCUT2D eigenvalue weighted by molar-refractivity contribution is 5.93. The zero-order valence-corrected chi connectivity index (χ0v) is 16.0. The number of rotatable bonds is 7. The predicted molar refractivity (Wildman–Crippen MR) is 104 cm³/mol. The van der Waals surface area contributed by atoms with Crippen molar-refractivity contribution < 1.29 is 18.7 Å². The topological polar surface area (TPSA) is 65.4 Å². The molecule has 0 aliphatic rings. The molecular formula is C21H22FN3O3. The van der Waals surface area contributed by atoms with E-state index >= 15 is 0 Å². The standard InChI is InChI=1S/C21H22FN3O3/c1-14-12-15(4-9-18(14)22)20-13-19(24-25(20)2)21(26)23-10-11-28-17-7-5-16(27-3)6-8-17/h4-9,12-13H,10-11H2,1-3H3,(H,23,26). The van der Waals surface area contributed by atoms with Crippen LogP contribution in [0.2, 0.25) is 0 Å². The minimum Gasteiger partial charge on any atom is -0.497 e. The quantitative estimate of drug-likeness (QED) is 0.636. The number of hydrogen-bond donors (Lipinski definition) is 1. The number of carbonyl (C=O) groups excluding carboxylic acids is 1. The molecule has 0 unspecified atom stereocenters. The number of benzene rings is 2. The number of aromatic nitrogens is 2. The molecule has 0 atom stereocenters. The van der Waals surface area contributed by atoms with Gasteiger partial charge < -0.3 is 14.8 Å². The Balaban J connectivity index is 1.56. The van der Waals surface area contributed by atoms with Crippen LogP contribution in [0.15, 0.2) is 48.5 Å². The predicted octanol–water partition coefficient (Wildman–Crippen LogP) is 3.35. The first-order chi connectivity index (χ1) is 13.5. The molecule has 146 valence electrons. The number of aryl methyl sites for hydroxylation is 2. The minimum absolute atomic E-state index is 0.263. The number of carbonyl (C=O) groups is 1. The van der Waals surface area contributed by atoms with Gasteiger partial charge in [-0.3, -0.25) is 9.48 Å². The van der Waals surface area contributed by atoms with E-state index in [1.165, 1.54) is 6.07 Å². The molecule has 3 rings (SSSR count). The van der Waals surface area contributed by atoms with Crippen molar-refractivity contribution in [1.82, 2.24) is 15.1 Å². The summed E-state index contributed by atoms with van der Waals surface area (Å²) in [6, 6.07) is 13.7. The Hall–Kier alpha value is -3.35. The number of hydrogen-bond acceptors (Lipinski definition) is 4. The van der Waals surface area contributed by atoms with Crippen LogP contribution in [0.3, 0.4) is 0 Å². The average Bonchev–Trinajstić information content (AvgIpc) is 3.09. The van der Waals surface area contributed by atoms with Crippen LogP contribution in [0.25, 0.3) is 11.3 Å². The van der Waals surface area contributed by atoms with Crippen LogP contribution in [0, 0.1) is 12.7 Å². The summed E-state index contributed by atoms with van der Waals surface area (Å²) < 4.78 is 25.8. The van der Waals surface area contributed by atoms with E-state index in [1.54, 1.807) is 68.2 Å². The second-order valence-electron chi connectivity index (χ2n) is 6.28. The fourth-order valence-corrected chi connectivity index (χ4v) is 2.75. The SMILES string of the molecule is COc1ccc(OCCNC(=O)c2cc(-c3ccc(F)c(C)c3)n(C)n2)cc1. The highest BCUT2D eigenvalue weighted by Crippen LogP contribution is 2.22. The second kappa shape index (κ2) is 8.56. The van der Waals surface area contributed by atoms with E-state index in [1.807, 2.05) is 0 Å². The van der Waals surface area contributed by atoms with E-state index in [0.717, 1.165) is 17.0 Å². The lowest BCUT2D eigenvalue weighted by Gasteiger charge is -2.07. The normalized spacial score (nSPS) is 10.6. The van der Waals surface area contributed by atoms with E-state index in [2.05, 4.69) is 10.4 Å². The maximum absolute atomic E-state index is 13.5. The zero-order valence-electron chi connectivity index (χ0n) is 16.0. The fourth-order valence-electron chi connectivity index (χ4n) is 2.75. The van der Waals surface area contributed by atoms with Crippen LogP contribution in [0.4, 0.5) is 4.39 Å². The van der Waals surface area contributed by atoms with Crippen molar-refractivity contribution in [2.24, 2.45) is 7.05 Å². The van der Waals surface area contributed by atoms with E-state index in [-0.39, 0.29) is 11.7 Å². The lowest BCUT2D eigenvalue weighted by Crippen LogP contribution is -2.28. The van der Waals surface area contributed by atoms with Gasteiger partial charge in [0, 0.05) is 12.6 Å². The van der Waals surface area contributed by atoms with Crippen molar-refractivity contribution in [3.8, 4) is 22.8 Å². The summed E-state index contributed by atoms with van der Waals surface area (Å²) in [7, 11) is 3.35. The Bertz CT molecular complexity index is 968. The number of methoxy groups -OCH3 is 1. The van der Waals surface area contributed by atoms with E-state index < -0.39 is 0 Å². The first kappa shape index (κ1) is 19.4. The Morgan fingerprint density at radius 2 is 1.86 bits per heavy atom. The molecule has 0 saturated heterocycles. The van der Waals surface area contributed by atoms with Crippen molar-refractivity contribution >= 4 is 5.91 Å². The number of amides is 1. The van der Waals surface area contributed by atoms with Crippen molar-refractivity contribution in [3.05, 3.63) is 65.6 Å². The maximum Gasteiger partial charge on any atom is 0.271 e. The Kier molecular flexibility index (Phi) is 5.93. The van der Waals surface area contributed by atoms with Gasteiger partial charge in [-0.15, -0.1) is 0 Å². The van der Waals surface area contributed by atoms with Crippen molar-refractivity contribution in [2.75, 3.05) is 20.3 Å². The van der Waals surface area contributed by atoms with Gasteiger partial charge >= 0.3 is 0 Å².